The third-order valence-electron chi connectivity index (χ3n) is 3.26. The summed E-state index contributed by atoms with van der Waals surface area (Å²) >= 11 is 0. The van der Waals surface area contributed by atoms with Crippen molar-refractivity contribution in [2.75, 3.05) is 0 Å². The number of ketones is 1. The summed E-state index contributed by atoms with van der Waals surface area (Å²) in [6.07, 6.45) is 2.83. The number of carbonyl (C=O) groups is 2. The summed E-state index contributed by atoms with van der Waals surface area (Å²) in [4.78, 5) is 24.0. The van der Waals surface area contributed by atoms with E-state index in [0.29, 0.717) is 18.9 Å². The fraction of sp³-hybridized carbons (Fsp3) is 0.833. The molecule has 1 N–H and O–H groups in total. The second kappa shape index (κ2) is 3.55. The Bertz CT molecular complexity index is 332. The Morgan fingerprint density at radius 3 is 2.75 bits per heavy atom. The number of piperidine rings is 1. The lowest BCUT2D eigenvalue weighted by atomic mass is 9.89. The highest BCUT2D eigenvalue weighted by Gasteiger charge is 2.54. The van der Waals surface area contributed by atoms with E-state index < -0.39 is 17.1 Å². The highest BCUT2D eigenvalue weighted by Crippen LogP contribution is 2.34. The maximum Gasteiger partial charge on any atom is 0.334 e. The van der Waals surface area contributed by atoms with Gasteiger partial charge in [-0.1, -0.05) is 0 Å². The minimum atomic E-state index is -1.03. The molecule has 4 nitrogen and oxygen atoms in total. The first-order valence-corrected chi connectivity index (χ1v) is 5.88. The number of esters is 1. The fourth-order valence-corrected chi connectivity index (χ4v) is 2.48. The molecule has 0 aromatic carbocycles. The number of hydrogen-bond donors (Lipinski definition) is 1. The fourth-order valence-electron chi connectivity index (χ4n) is 2.48. The summed E-state index contributed by atoms with van der Waals surface area (Å²) < 4.78 is 5.35. The van der Waals surface area contributed by atoms with Crippen LogP contribution in [0.5, 0.6) is 0 Å². The summed E-state index contributed by atoms with van der Waals surface area (Å²) in [6.45, 7) is 5.46. The van der Waals surface area contributed by atoms with Crippen molar-refractivity contribution < 1.29 is 14.3 Å². The van der Waals surface area contributed by atoms with Crippen LogP contribution in [0.3, 0.4) is 0 Å². The van der Waals surface area contributed by atoms with Crippen LogP contribution in [0, 0.1) is 0 Å². The molecule has 2 saturated heterocycles. The Balaban J connectivity index is 2.18. The van der Waals surface area contributed by atoms with Gasteiger partial charge >= 0.3 is 5.97 Å². The minimum Gasteiger partial charge on any atom is -0.458 e. The van der Waals surface area contributed by atoms with Gasteiger partial charge in [0, 0.05) is 12.5 Å². The number of nitrogens with one attached hydrogen (secondary N) is 1. The zero-order chi connectivity index (χ0) is 12.0. The van der Waals surface area contributed by atoms with E-state index in [1.54, 1.807) is 0 Å². The van der Waals surface area contributed by atoms with Gasteiger partial charge in [0.15, 0.2) is 11.3 Å². The van der Waals surface area contributed by atoms with Gasteiger partial charge in [0.1, 0.15) is 5.60 Å². The van der Waals surface area contributed by atoms with Gasteiger partial charge in [-0.3, -0.25) is 10.1 Å². The molecule has 2 bridgehead atoms. The Morgan fingerprint density at radius 1 is 1.44 bits per heavy atom. The van der Waals surface area contributed by atoms with Gasteiger partial charge in [-0.05, 0) is 40.0 Å². The molecule has 2 aliphatic rings. The van der Waals surface area contributed by atoms with Crippen molar-refractivity contribution >= 4 is 11.8 Å². The molecule has 4 heteroatoms. The molecular formula is C12H19NO3. The van der Waals surface area contributed by atoms with Gasteiger partial charge in [0.2, 0.25) is 0 Å². The number of fused-ring (bicyclic) bond motifs is 2. The standard InChI is InChI=1S/C12H19NO3/c1-11(2,3)16-10(15)12-7-6-8(13-12)4-5-9(12)14/h8,13H,4-7H2,1-3H3. The van der Waals surface area contributed by atoms with Crippen molar-refractivity contribution in [3.05, 3.63) is 0 Å². The van der Waals surface area contributed by atoms with Crippen molar-refractivity contribution in [1.82, 2.24) is 5.32 Å². The summed E-state index contributed by atoms with van der Waals surface area (Å²) in [5, 5.41) is 3.15. The monoisotopic (exact) mass is 225 g/mol. The van der Waals surface area contributed by atoms with Crippen molar-refractivity contribution in [3.63, 3.8) is 0 Å². The van der Waals surface area contributed by atoms with Gasteiger partial charge in [0.25, 0.3) is 0 Å². The molecule has 2 heterocycles. The lowest BCUT2D eigenvalue weighted by Gasteiger charge is -2.33. The van der Waals surface area contributed by atoms with Gasteiger partial charge < -0.3 is 4.74 Å². The molecule has 90 valence electrons. The summed E-state index contributed by atoms with van der Waals surface area (Å²) in [7, 11) is 0. The van der Waals surface area contributed by atoms with Crippen LogP contribution < -0.4 is 5.32 Å². The summed E-state index contributed by atoms with van der Waals surface area (Å²) in [5.74, 6) is -0.400. The number of rotatable bonds is 1. The number of carbonyl (C=O) groups excluding carboxylic acids is 2. The van der Waals surface area contributed by atoms with E-state index in [-0.39, 0.29) is 5.78 Å². The second-order valence-corrected chi connectivity index (χ2v) is 5.75. The summed E-state index contributed by atoms with van der Waals surface area (Å²) in [6, 6.07) is 0.310. The van der Waals surface area contributed by atoms with E-state index in [9.17, 15) is 9.59 Å². The van der Waals surface area contributed by atoms with E-state index in [0.717, 1.165) is 12.8 Å². The van der Waals surface area contributed by atoms with Crippen LogP contribution >= 0.6 is 0 Å². The predicted octanol–water partition coefficient (Wildman–Crippen LogP) is 1.18. The lowest BCUT2D eigenvalue weighted by molar-refractivity contribution is -0.166. The molecule has 0 aliphatic carbocycles. The largest absolute Gasteiger partial charge is 0.458 e. The van der Waals surface area contributed by atoms with Crippen LogP contribution in [0.25, 0.3) is 0 Å². The number of Topliss-reactive ketones (excluding diaryl/α,β-unsaturated/α-hetero) is 1. The third-order valence-corrected chi connectivity index (χ3v) is 3.26. The summed E-state index contributed by atoms with van der Waals surface area (Å²) in [5.41, 5.74) is -1.57. The molecule has 0 saturated carbocycles. The smallest absolute Gasteiger partial charge is 0.334 e. The molecule has 2 unspecified atom stereocenters. The third kappa shape index (κ3) is 1.86. The molecule has 2 rings (SSSR count). The van der Waals surface area contributed by atoms with E-state index in [1.165, 1.54) is 0 Å². The van der Waals surface area contributed by atoms with Gasteiger partial charge in [0.05, 0.1) is 0 Å². The molecule has 2 atom stereocenters. The van der Waals surface area contributed by atoms with Crippen LogP contribution in [-0.4, -0.2) is 28.9 Å². The van der Waals surface area contributed by atoms with Crippen molar-refractivity contribution in [1.29, 1.82) is 0 Å². The first-order valence-electron chi connectivity index (χ1n) is 5.88. The molecule has 0 aromatic heterocycles. The molecule has 0 spiro atoms. The molecule has 0 radical (unpaired) electrons. The van der Waals surface area contributed by atoms with E-state index >= 15 is 0 Å². The Morgan fingerprint density at radius 2 is 2.12 bits per heavy atom. The Kier molecular flexibility index (Phi) is 2.57. The Hall–Kier alpha value is -0.900. The SMILES string of the molecule is CC(C)(C)OC(=O)C12CCC(CCC1=O)N2. The minimum absolute atomic E-state index is 0.00417. The maximum atomic E-state index is 12.1. The first-order chi connectivity index (χ1) is 7.33. The van der Waals surface area contributed by atoms with Gasteiger partial charge in [-0.15, -0.1) is 0 Å². The van der Waals surface area contributed by atoms with Crippen molar-refractivity contribution in [3.8, 4) is 0 Å². The Labute approximate surface area is 95.7 Å². The van der Waals surface area contributed by atoms with Gasteiger partial charge in [-0.25, -0.2) is 4.79 Å². The van der Waals surface area contributed by atoms with Crippen molar-refractivity contribution in [2.24, 2.45) is 0 Å². The molecule has 2 aliphatic heterocycles. The topological polar surface area (TPSA) is 55.4 Å². The maximum absolute atomic E-state index is 12.1. The molecule has 0 amide bonds. The van der Waals surface area contributed by atoms with Crippen LogP contribution in [0.1, 0.15) is 46.5 Å². The van der Waals surface area contributed by atoms with E-state index in [4.69, 9.17) is 4.74 Å². The van der Waals surface area contributed by atoms with Crippen LogP contribution in [0.2, 0.25) is 0 Å². The van der Waals surface area contributed by atoms with E-state index in [2.05, 4.69) is 5.32 Å². The van der Waals surface area contributed by atoms with Crippen LogP contribution in [0.4, 0.5) is 0 Å². The molecule has 0 aromatic rings. The highest BCUT2D eigenvalue weighted by molar-refractivity contribution is 6.09. The zero-order valence-electron chi connectivity index (χ0n) is 10.1. The highest BCUT2D eigenvalue weighted by atomic mass is 16.6. The van der Waals surface area contributed by atoms with Crippen molar-refractivity contribution in [2.45, 2.75) is 63.6 Å². The second-order valence-electron chi connectivity index (χ2n) is 5.75. The average molecular weight is 225 g/mol. The van der Waals surface area contributed by atoms with E-state index in [1.807, 2.05) is 20.8 Å². The number of ether oxygens (including phenoxy) is 1. The van der Waals surface area contributed by atoms with Gasteiger partial charge in [-0.2, -0.15) is 0 Å². The lowest BCUT2D eigenvalue weighted by Crippen LogP contribution is -2.60. The average Bonchev–Trinajstić information content (AvgIpc) is 2.50. The molecule has 2 fully saturated rings. The molecule has 16 heavy (non-hydrogen) atoms. The normalized spacial score (nSPS) is 33.9. The van der Waals surface area contributed by atoms with Crippen LogP contribution in [0.15, 0.2) is 0 Å². The molecular weight excluding hydrogens is 206 g/mol. The number of hydrogen-bond acceptors (Lipinski definition) is 4. The van der Waals surface area contributed by atoms with Crippen LogP contribution in [-0.2, 0) is 14.3 Å². The zero-order valence-corrected chi connectivity index (χ0v) is 10.1. The predicted molar refractivity (Wildman–Crippen MR) is 59.0 cm³/mol. The quantitative estimate of drug-likeness (QED) is 0.538. The first kappa shape index (κ1) is 11.6.